The Morgan fingerprint density at radius 1 is 0.844 bits per heavy atom. The number of hydrogen-bond acceptors (Lipinski definition) is 5. The summed E-state index contributed by atoms with van der Waals surface area (Å²) in [5.41, 5.74) is 3.15. The van der Waals surface area contributed by atoms with Crippen LogP contribution in [0.4, 0.5) is 0 Å². The predicted molar refractivity (Wildman–Crippen MR) is 122 cm³/mol. The molecule has 1 amide bonds. The molecule has 6 heteroatoms. The van der Waals surface area contributed by atoms with E-state index in [0.717, 1.165) is 11.1 Å². The molecule has 1 aromatic heterocycles. The summed E-state index contributed by atoms with van der Waals surface area (Å²) in [6.07, 6.45) is 0. The summed E-state index contributed by atoms with van der Waals surface area (Å²) in [4.78, 5) is 15.0. The van der Waals surface area contributed by atoms with Crippen LogP contribution in [0.2, 0.25) is 0 Å². The highest BCUT2D eigenvalue weighted by Gasteiger charge is 2.19. The predicted octanol–water partition coefficient (Wildman–Crippen LogP) is 5.20. The fraction of sp³-hybridized carbons (Fsp3) is 0.154. The summed E-state index contributed by atoms with van der Waals surface area (Å²) in [6.45, 7) is 0.784. The van der Waals surface area contributed by atoms with Crippen molar-refractivity contribution >= 4 is 5.91 Å². The van der Waals surface area contributed by atoms with Crippen molar-refractivity contribution in [2.75, 3.05) is 14.2 Å². The first-order valence-electron chi connectivity index (χ1n) is 10.2. The number of methoxy groups -OCH3 is 2. The van der Waals surface area contributed by atoms with Crippen LogP contribution in [-0.4, -0.2) is 30.2 Å². The number of benzene rings is 3. The van der Waals surface area contributed by atoms with Gasteiger partial charge in [-0.1, -0.05) is 53.7 Å². The molecule has 32 heavy (non-hydrogen) atoms. The lowest BCUT2D eigenvalue weighted by atomic mass is 10.1. The molecule has 0 spiro atoms. The van der Waals surface area contributed by atoms with E-state index in [1.54, 1.807) is 19.1 Å². The highest BCUT2D eigenvalue weighted by atomic mass is 16.5. The van der Waals surface area contributed by atoms with Crippen molar-refractivity contribution < 1.29 is 18.8 Å². The van der Waals surface area contributed by atoms with Crippen LogP contribution in [0.15, 0.2) is 89.5 Å². The normalized spacial score (nSPS) is 10.6. The Morgan fingerprint density at radius 2 is 1.53 bits per heavy atom. The van der Waals surface area contributed by atoms with Crippen LogP contribution in [0.3, 0.4) is 0 Å². The molecule has 0 unspecified atom stereocenters. The monoisotopic (exact) mass is 428 g/mol. The summed E-state index contributed by atoms with van der Waals surface area (Å²) in [6, 6.07) is 26.5. The molecule has 0 aliphatic heterocycles. The van der Waals surface area contributed by atoms with Crippen LogP contribution in [0.1, 0.15) is 21.6 Å². The van der Waals surface area contributed by atoms with Gasteiger partial charge in [0.1, 0.15) is 5.69 Å². The lowest BCUT2D eigenvalue weighted by Crippen LogP contribution is -2.30. The topological polar surface area (TPSA) is 64.8 Å². The number of aromatic nitrogens is 1. The molecule has 6 nitrogen and oxygen atoms in total. The third kappa shape index (κ3) is 4.81. The van der Waals surface area contributed by atoms with E-state index in [2.05, 4.69) is 5.16 Å². The number of amides is 1. The Hall–Kier alpha value is -4.06. The molecule has 0 aliphatic carbocycles. The van der Waals surface area contributed by atoms with Gasteiger partial charge in [0.15, 0.2) is 17.3 Å². The van der Waals surface area contributed by atoms with Crippen molar-refractivity contribution in [3.63, 3.8) is 0 Å². The van der Waals surface area contributed by atoms with Crippen molar-refractivity contribution in [2.45, 2.75) is 13.1 Å². The van der Waals surface area contributed by atoms with Gasteiger partial charge in [-0.3, -0.25) is 4.79 Å². The highest BCUT2D eigenvalue weighted by Crippen LogP contribution is 2.32. The van der Waals surface area contributed by atoms with E-state index >= 15 is 0 Å². The van der Waals surface area contributed by atoms with Crippen molar-refractivity contribution in [3.8, 4) is 22.8 Å². The molecule has 0 bridgehead atoms. The van der Waals surface area contributed by atoms with Gasteiger partial charge in [-0.15, -0.1) is 0 Å². The zero-order valence-electron chi connectivity index (χ0n) is 18.0. The van der Waals surface area contributed by atoms with Crippen molar-refractivity contribution in [1.82, 2.24) is 10.1 Å². The first-order chi connectivity index (χ1) is 15.7. The van der Waals surface area contributed by atoms with Gasteiger partial charge in [0.25, 0.3) is 5.91 Å². The number of carbonyl (C=O) groups excluding carboxylic acids is 1. The molecule has 4 rings (SSSR count). The summed E-state index contributed by atoms with van der Waals surface area (Å²) >= 11 is 0. The number of carbonyl (C=O) groups is 1. The Bertz CT molecular complexity index is 1170. The van der Waals surface area contributed by atoms with Crippen LogP contribution < -0.4 is 9.47 Å². The van der Waals surface area contributed by atoms with Gasteiger partial charge in [0.2, 0.25) is 0 Å². The number of rotatable bonds is 8. The zero-order chi connectivity index (χ0) is 22.3. The average Bonchev–Trinajstić information content (AvgIpc) is 3.32. The zero-order valence-corrected chi connectivity index (χ0v) is 18.0. The molecule has 0 saturated carbocycles. The van der Waals surface area contributed by atoms with E-state index in [1.165, 1.54) is 0 Å². The lowest BCUT2D eigenvalue weighted by Gasteiger charge is -2.22. The molecule has 0 radical (unpaired) electrons. The molecular weight excluding hydrogens is 404 g/mol. The van der Waals surface area contributed by atoms with Gasteiger partial charge in [0.05, 0.1) is 20.8 Å². The van der Waals surface area contributed by atoms with Gasteiger partial charge in [-0.2, -0.15) is 0 Å². The minimum Gasteiger partial charge on any atom is -0.493 e. The van der Waals surface area contributed by atoms with E-state index < -0.39 is 0 Å². The maximum atomic E-state index is 13.2. The lowest BCUT2D eigenvalue weighted by molar-refractivity contribution is 0.0726. The molecule has 162 valence electrons. The minimum absolute atomic E-state index is 0.0647. The van der Waals surface area contributed by atoms with Crippen LogP contribution in [0.5, 0.6) is 11.5 Å². The van der Waals surface area contributed by atoms with Gasteiger partial charge in [0, 0.05) is 23.7 Å². The molecular formula is C26H24N2O4. The van der Waals surface area contributed by atoms with Crippen LogP contribution in [0, 0.1) is 0 Å². The smallest absolute Gasteiger partial charge is 0.254 e. The van der Waals surface area contributed by atoms with E-state index in [0.29, 0.717) is 41.6 Å². The van der Waals surface area contributed by atoms with E-state index in [9.17, 15) is 4.79 Å². The highest BCUT2D eigenvalue weighted by molar-refractivity contribution is 5.94. The number of nitrogens with zero attached hydrogens (tertiary/aromatic N) is 2. The molecule has 0 atom stereocenters. The second-order valence-electron chi connectivity index (χ2n) is 7.27. The summed E-state index contributed by atoms with van der Waals surface area (Å²) in [5.74, 6) is 1.77. The first-order valence-corrected chi connectivity index (χ1v) is 10.2. The largest absolute Gasteiger partial charge is 0.493 e. The van der Waals surface area contributed by atoms with Gasteiger partial charge >= 0.3 is 0 Å². The third-order valence-electron chi connectivity index (χ3n) is 5.10. The van der Waals surface area contributed by atoms with Crippen molar-refractivity contribution in [2.24, 2.45) is 0 Å². The summed E-state index contributed by atoms with van der Waals surface area (Å²) in [5, 5.41) is 4.21. The van der Waals surface area contributed by atoms with Gasteiger partial charge in [-0.25, -0.2) is 0 Å². The second kappa shape index (κ2) is 9.83. The van der Waals surface area contributed by atoms with Crippen LogP contribution in [0.25, 0.3) is 11.3 Å². The van der Waals surface area contributed by atoms with Gasteiger partial charge < -0.3 is 18.9 Å². The molecule has 0 saturated heterocycles. The number of ether oxygens (including phenoxy) is 2. The van der Waals surface area contributed by atoms with Crippen molar-refractivity contribution in [3.05, 3.63) is 102 Å². The van der Waals surface area contributed by atoms with Gasteiger partial charge in [-0.05, 0) is 35.9 Å². The second-order valence-corrected chi connectivity index (χ2v) is 7.27. The van der Waals surface area contributed by atoms with E-state index in [-0.39, 0.29) is 5.91 Å². The summed E-state index contributed by atoms with van der Waals surface area (Å²) in [7, 11) is 3.18. The first kappa shape index (κ1) is 21.2. The molecule has 0 fully saturated rings. The van der Waals surface area contributed by atoms with Crippen LogP contribution >= 0.6 is 0 Å². The molecule has 3 aromatic carbocycles. The third-order valence-corrected chi connectivity index (χ3v) is 5.10. The Kier molecular flexibility index (Phi) is 6.51. The molecule has 0 N–H and O–H groups in total. The maximum absolute atomic E-state index is 13.2. The Balaban J connectivity index is 1.59. The SMILES string of the molecule is COc1ccc(-c2cc(CN(Cc3ccccc3)C(=O)c3ccccc3)no2)cc1OC. The fourth-order valence-electron chi connectivity index (χ4n) is 3.47. The maximum Gasteiger partial charge on any atom is 0.254 e. The Labute approximate surface area is 187 Å². The van der Waals surface area contributed by atoms with Crippen LogP contribution in [-0.2, 0) is 13.1 Å². The quantitative estimate of drug-likeness (QED) is 0.386. The molecule has 0 aliphatic rings. The molecule has 1 heterocycles. The van der Waals surface area contributed by atoms with E-state index in [4.69, 9.17) is 14.0 Å². The summed E-state index contributed by atoms with van der Waals surface area (Å²) < 4.78 is 16.2. The minimum atomic E-state index is -0.0647. The number of hydrogen-bond donors (Lipinski definition) is 0. The van der Waals surface area contributed by atoms with Crippen molar-refractivity contribution in [1.29, 1.82) is 0 Å². The Morgan fingerprint density at radius 3 is 2.22 bits per heavy atom. The fourth-order valence-corrected chi connectivity index (χ4v) is 3.47. The average molecular weight is 428 g/mol. The van der Waals surface area contributed by atoms with E-state index in [1.807, 2.05) is 84.9 Å². The standard InChI is InChI=1S/C26H24N2O4/c1-30-23-14-13-21(15-25(23)31-2)24-16-22(27-32-24)18-28(17-19-9-5-3-6-10-19)26(29)20-11-7-4-8-12-20/h3-16H,17-18H2,1-2H3. The molecule has 4 aromatic rings.